The summed E-state index contributed by atoms with van der Waals surface area (Å²) in [5.41, 5.74) is 10.3. The van der Waals surface area contributed by atoms with Crippen LogP contribution >= 0.6 is 12.2 Å². The molecule has 1 amide bonds. The van der Waals surface area contributed by atoms with Crippen molar-refractivity contribution in [3.05, 3.63) is 0 Å². The maximum Gasteiger partial charge on any atom is 0.234 e. The van der Waals surface area contributed by atoms with Gasteiger partial charge < -0.3 is 11.5 Å². The molecule has 1 unspecified atom stereocenters. The van der Waals surface area contributed by atoms with Crippen molar-refractivity contribution in [2.45, 2.75) is 13.0 Å². The van der Waals surface area contributed by atoms with Gasteiger partial charge in [-0.05, 0) is 14.0 Å². The molecule has 0 aliphatic rings. The van der Waals surface area contributed by atoms with E-state index in [1.807, 2.05) is 0 Å². The molecule has 0 heterocycles. The monoisotopic (exact) mass is 175 g/mol. The summed E-state index contributed by atoms with van der Waals surface area (Å²) in [5, 5.41) is 0. The minimum atomic E-state index is -0.372. The van der Waals surface area contributed by atoms with Gasteiger partial charge in [0, 0.05) is 6.54 Å². The lowest BCUT2D eigenvalue weighted by atomic mass is 10.3. The molecule has 0 rings (SSSR count). The molecule has 4 N–H and O–H groups in total. The predicted octanol–water partition coefficient (Wildman–Crippen LogP) is -0.922. The summed E-state index contributed by atoms with van der Waals surface area (Å²) in [6.45, 7) is 2.13. The van der Waals surface area contributed by atoms with Crippen molar-refractivity contribution >= 4 is 23.1 Å². The van der Waals surface area contributed by atoms with Gasteiger partial charge in [0.2, 0.25) is 5.91 Å². The van der Waals surface area contributed by atoms with Crippen LogP contribution in [0.25, 0.3) is 0 Å². The molecule has 0 aliphatic heterocycles. The van der Waals surface area contributed by atoms with Crippen LogP contribution in [0.2, 0.25) is 0 Å². The molecule has 4 nitrogen and oxygen atoms in total. The number of likely N-dealkylation sites (N-methyl/N-ethyl adjacent to an activating group) is 1. The van der Waals surface area contributed by atoms with E-state index in [2.05, 4.69) is 12.2 Å². The first-order chi connectivity index (χ1) is 4.95. The molecular formula is C6H13N3OS. The Balaban J connectivity index is 3.92. The van der Waals surface area contributed by atoms with Gasteiger partial charge in [0.05, 0.1) is 11.0 Å². The average Bonchev–Trinajstić information content (AvgIpc) is 1.84. The van der Waals surface area contributed by atoms with E-state index in [0.29, 0.717) is 11.5 Å². The number of primary amides is 1. The van der Waals surface area contributed by atoms with E-state index in [9.17, 15) is 4.79 Å². The molecule has 0 aromatic rings. The lowest BCUT2D eigenvalue weighted by Gasteiger charge is -2.20. The average molecular weight is 175 g/mol. The first-order valence-electron chi connectivity index (χ1n) is 3.23. The van der Waals surface area contributed by atoms with Crippen LogP contribution in [-0.4, -0.2) is 35.4 Å². The van der Waals surface area contributed by atoms with Gasteiger partial charge in [0.1, 0.15) is 0 Å². The summed E-state index contributed by atoms with van der Waals surface area (Å²) >= 11 is 4.66. The molecule has 0 bridgehead atoms. The molecule has 64 valence electrons. The van der Waals surface area contributed by atoms with E-state index < -0.39 is 0 Å². The molecule has 0 aliphatic carbocycles. The summed E-state index contributed by atoms with van der Waals surface area (Å²) in [5.74, 6) is -0.372. The molecule has 0 spiro atoms. The fraction of sp³-hybridized carbons (Fsp3) is 0.667. The number of carbonyl (C=O) groups is 1. The van der Waals surface area contributed by atoms with E-state index in [4.69, 9.17) is 11.5 Å². The highest BCUT2D eigenvalue weighted by atomic mass is 32.1. The Morgan fingerprint density at radius 2 is 2.09 bits per heavy atom. The van der Waals surface area contributed by atoms with Crippen LogP contribution in [0.4, 0.5) is 0 Å². The summed E-state index contributed by atoms with van der Waals surface area (Å²) in [6, 6.07) is -0.323. The number of nitrogens with two attached hydrogens (primary N) is 2. The number of amides is 1. The van der Waals surface area contributed by atoms with Gasteiger partial charge >= 0.3 is 0 Å². The summed E-state index contributed by atoms with van der Waals surface area (Å²) < 4.78 is 0. The second-order valence-electron chi connectivity index (χ2n) is 2.46. The Hall–Kier alpha value is -0.680. The van der Waals surface area contributed by atoms with E-state index >= 15 is 0 Å². The van der Waals surface area contributed by atoms with Gasteiger partial charge in [-0.2, -0.15) is 0 Å². The minimum absolute atomic E-state index is 0.323. The molecule has 0 aromatic heterocycles. The fourth-order valence-corrected chi connectivity index (χ4v) is 0.804. The molecule has 0 radical (unpaired) electrons. The zero-order chi connectivity index (χ0) is 9.02. The standard InChI is InChI=1S/C6H13N3OS/c1-4(6(8)10)9(2)3-5(7)11/h4H,3H2,1-2H3,(H2,7,11)(H2,8,10). The number of hydrogen-bond acceptors (Lipinski definition) is 3. The highest BCUT2D eigenvalue weighted by molar-refractivity contribution is 7.80. The molecule has 0 aromatic carbocycles. The van der Waals surface area contributed by atoms with E-state index in [0.717, 1.165) is 0 Å². The number of thiocarbonyl (C=S) groups is 1. The molecule has 0 fully saturated rings. The third kappa shape index (κ3) is 3.90. The largest absolute Gasteiger partial charge is 0.392 e. The van der Waals surface area contributed by atoms with Gasteiger partial charge in [-0.25, -0.2) is 0 Å². The lowest BCUT2D eigenvalue weighted by Crippen LogP contribution is -2.43. The lowest BCUT2D eigenvalue weighted by molar-refractivity contribution is -0.121. The Morgan fingerprint density at radius 3 is 2.36 bits per heavy atom. The van der Waals surface area contributed by atoms with Crippen molar-refractivity contribution in [2.24, 2.45) is 11.5 Å². The van der Waals surface area contributed by atoms with Gasteiger partial charge in [-0.15, -0.1) is 0 Å². The quantitative estimate of drug-likeness (QED) is 0.542. The Labute approximate surface area is 71.5 Å². The van der Waals surface area contributed by atoms with Crippen LogP contribution in [-0.2, 0) is 4.79 Å². The number of hydrogen-bond donors (Lipinski definition) is 2. The number of carbonyl (C=O) groups excluding carboxylic acids is 1. The van der Waals surface area contributed by atoms with Crippen LogP contribution in [0.15, 0.2) is 0 Å². The van der Waals surface area contributed by atoms with Crippen molar-refractivity contribution in [1.82, 2.24) is 4.90 Å². The highest BCUT2D eigenvalue weighted by Gasteiger charge is 2.14. The maximum absolute atomic E-state index is 10.6. The van der Waals surface area contributed by atoms with Crippen LogP contribution < -0.4 is 11.5 Å². The van der Waals surface area contributed by atoms with E-state index in [1.54, 1.807) is 18.9 Å². The fourth-order valence-electron chi connectivity index (χ4n) is 0.600. The summed E-state index contributed by atoms with van der Waals surface area (Å²) in [7, 11) is 1.74. The van der Waals surface area contributed by atoms with Gasteiger partial charge in [0.25, 0.3) is 0 Å². The van der Waals surface area contributed by atoms with Crippen molar-refractivity contribution in [3.8, 4) is 0 Å². The van der Waals surface area contributed by atoms with Crippen LogP contribution in [0.3, 0.4) is 0 Å². The highest BCUT2D eigenvalue weighted by Crippen LogP contribution is 1.92. The van der Waals surface area contributed by atoms with E-state index in [1.165, 1.54) is 0 Å². The summed E-state index contributed by atoms with van der Waals surface area (Å²) in [4.78, 5) is 12.7. The Bertz CT molecular complexity index is 171. The molecule has 1 atom stereocenters. The second kappa shape index (κ2) is 4.25. The van der Waals surface area contributed by atoms with Crippen LogP contribution in [0, 0.1) is 0 Å². The third-order valence-electron chi connectivity index (χ3n) is 1.48. The molecule has 11 heavy (non-hydrogen) atoms. The zero-order valence-electron chi connectivity index (χ0n) is 6.70. The Kier molecular flexibility index (Phi) is 3.99. The second-order valence-corrected chi connectivity index (χ2v) is 2.98. The minimum Gasteiger partial charge on any atom is -0.392 e. The number of nitrogens with zero attached hydrogens (tertiary/aromatic N) is 1. The number of rotatable bonds is 4. The normalized spacial score (nSPS) is 13.0. The molecular weight excluding hydrogens is 162 g/mol. The van der Waals surface area contributed by atoms with Crippen LogP contribution in [0.5, 0.6) is 0 Å². The van der Waals surface area contributed by atoms with Crippen molar-refractivity contribution < 1.29 is 4.79 Å². The SMILES string of the molecule is CC(C(N)=O)N(C)CC(N)=S. The predicted molar refractivity (Wildman–Crippen MR) is 48.1 cm³/mol. The summed E-state index contributed by atoms with van der Waals surface area (Å²) in [6.07, 6.45) is 0. The van der Waals surface area contributed by atoms with Crippen LogP contribution in [0.1, 0.15) is 6.92 Å². The molecule has 5 heteroatoms. The smallest absolute Gasteiger partial charge is 0.234 e. The van der Waals surface area contributed by atoms with Gasteiger partial charge in [-0.1, -0.05) is 12.2 Å². The van der Waals surface area contributed by atoms with E-state index in [-0.39, 0.29) is 11.9 Å². The zero-order valence-corrected chi connectivity index (χ0v) is 7.52. The maximum atomic E-state index is 10.6. The molecule has 0 saturated carbocycles. The van der Waals surface area contributed by atoms with Crippen molar-refractivity contribution in [1.29, 1.82) is 0 Å². The van der Waals surface area contributed by atoms with Crippen molar-refractivity contribution in [3.63, 3.8) is 0 Å². The Morgan fingerprint density at radius 1 is 1.64 bits per heavy atom. The topological polar surface area (TPSA) is 72.4 Å². The van der Waals surface area contributed by atoms with Crippen molar-refractivity contribution in [2.75, 3.05) is 13.6 Å². The van der Waals surface area contributed by atoms with Gasteiger partial charge in [-0.3, -0.25) is 9.69 Å². The first-order valence-corrected chi connectivity index (χ1v) is 3.64. The molecule has 0 saturated heterocycles. The first kappa shape index (κ1) is 10.3. The third-order valence-corrected chi connectivity index (χ3v) is 1.61. The van der Waals surface area contributed by atoms with Gasteiger partial charge in [0.15, 0.2) is 0 Å².